The topological polar surface area (TPSA) is 663 Å². The molecule has 0 heterocycles. The van der Waals surface area contributed by atoms with Crippen LogP contribution < -0.4 is 76.6 Å². The van der Waals surface area contributed by atoms with Gasteiger partial charge in [0.25, 0.3) is 0 Å². The molecule has 0 bridgehead atoms. The molecule has 0 spiro atoms. The van der Waals surface area contributed by atoms with Gasteiger partial charge >= 0.3 is 86.8 Å². The molecule has 0 fully saturated rings. The standard InChI is InChI=1S/3C6H8O7.6C2H4O2.5Al/c3*7-3(8)1-6(13,5(11)12)2-4(9)10;6*1-2(3)4;;;;;/h3*13H,1-2H2,(H,7,8)(H,9,10)(H,11,12);6*1H3,(H,3,4);;;;;/q;;;;;;;;;5*+3/p-15. The van der Waals surface area contributed by atoms with Crippen molar-refractivity contribution < 1.29 is 164 Å². The molecule has 0 aromatic rings. The van der Waals surface area contributed by atoms with Crippen LogP contribution >= 0.6 is 0 Å². The summed E-state index contributed by atoms with van der Waals surface area (Å²) in [6, 6.07) is 0. The molecule has 0 aliphatic carbocycles. The maximum Gasteiger partial charge on any atom is 3.00 e. The van der Waals surface area contributed by atoms with E-state index in [1.54, 1.807) is 0 Å². The predicted octanol–water partition coefficient (Wildman–Crippen LogP) is -25.1. The van der Waals surface area contributed by atoms with E-state index in [0.717, 1.165) is 41.5 Å². The molecule has 0 aromatic carbocycles. The Morgan fingerprint density at radius 3 is 0.338 bits per heavy atom. The van der Waals surface area contributed by atoms with Crippen LogP contribution in [0.5, 0.6) is 0 Å². The summed E-state index contributed by atoms with van der Waals surface area (Å²) in [5.74, 6) is -24.5. The average molecular weight is 1060 g/mol. The minimum absolute atomic E-state index is 0. The third-order valence-electron chi connectivity index (χ3n) is 3.76. The number of hydrogen-bond donors (Lipinski definition) is 3. The van der Waals surface area contributed by atoms with Gasteiger partial charge in [-0.25, -0.2) is 0 Å². The molecule has 0 saturated heterocycles. The van der Waals surface area contributed by atoms with Crippen molar-refractivity contribution in [1.82, 2.24) is 0 Å². The number of carboxylic acids is 15. The van der Waals surface area contributed by atoms with E-state index in [0.29, 0.717) is 0 Å². The third kappa shape index (κ3) is 119. The van der Waals surface area contributed by atoms with Crippen LogP contribution in [0.25, 0.3) is 0 Å². The van der Waals surface area contributed by atoms with Crippen molar-refractivity contribution >= 4 is 176 Å². The van der Waals surface area contributed by atoms with Crippen LogP contribution in [-0.2, 0) is 71.9 Å². The van der Waals surface area contributed by atoms with Crippen molar-refractivity contribution in [2.45, 2.75) is 96.9 Å². The monoisotopic (exact) mass is 1060 g/mol. The smallest absolute Gasteiger partial charge is 0.550 e. The Morgan fingerprint density at radius 1 is 0.250 bits per heavy atom. The predicted molar refractivity (Wildman–Crippen MR) is 180 cm³/mol. The quantitative estimate of drug-likeness (QED) is 0.128. The van der Waals surface area contributed by atoms with Gasteiger partial charge in [-0.1, -0.05) is 0 Å². The molecular formula is C30H33Al5O33. The zero-order valence-electron chi connectivity index (χ0n) is 35.7. The first-order chi connectivity index (χ1) is 27.7. The number of aliphatic carboxylic acids is 15. The van der Waals surface area contributed by atoms with Crippen LogP contribution in [0.4, 0.5) is 0 Å². The molecule has 0 rings (SSSR count). The SMILES string of the molecule is CC(=O)[O-].CC(=O)[O-].CC(=O)[O-].CC(=O)[O-].CC(=O)[O-].CC(=O)[O-].O=C([O-])CC(O)(CC(=O)[O-])C(=O)[O-].O=C([O-])CC(O)(CC(=O)[O-])C(=O)[O-].O=C([O-])CC(O)(CC(=O)[O-])C(=O)[O-].[Al+3].[Al+3].[Al+3].[Al+3].[Al+3]. The average Bonchev–Trinajstić information content (AvgIpc) is 2.93. The van der Waals surface area contributed by atoms with Gasteiger partial charge in [0.2, 0.25) is 0 Å². The summed E-state index contributed by atoms with van der Waals surface area (Å²) < 4.78 is 0. The Morgan fingerprint density at radius 2 is 0.309 bits per heavy atom. The van der Waals surface area contributed by atoms with Crippen LogP contribution in [0.1, 0.15) is 80.1 Å². The van der Waals surface area contributed by atoms with Crippen molar-refractivity contribution in [2.75, 3.05) is 0 Å². The zero-order chi connectivity index (χ0) is 53.4. The van der Waals surface area contributed by atoms with Gasteiger partial charge in [-0.05, 0) is 41.5 Å². The second-order valence-corrected chi connectivity index (χ2v) is 10.2. The molecule has 38 heteroatoms. The van der Waals surface area contributed by atoms with E-state index in [1.165, 1.54) is 0 Å². The van der Waals surface area contributed by atoms with Gasteiger partial charge in [0, 0.05) is 110 Å². The fraction of sp³-hybridized carbons (Fsp3) is 0.500. The Hall–Kier alpha value is -5.41. The Labute approximate surface area is 434 Å². The second-order valence-electron chi connectivity index (χ2n) is 10.2. The van der Waals surface area contributed by atoms with Gasteiger partial charge in [-0.2, -0.15) is 0 Å². The number of aliphatic hydroxyl groups is 3. The van der Waals surface area contributed by atoms with E-state index in [9.17, 15) is 89.1 Å². The minimum Gasteiger partial charge on any atom is -0.550 e. The minimum atomic E-state index is -2.97. The molecule has 68 heavy (non-hydrogen) atoms. The molecule has 0 saturated carbocycles. The normalized spacial score (nSPS) is 8.43. The third-order valence-corrected chi connectivity index (χ3v) is 3.76. The van der Waals surface area contributed by atoms with Crippen molar-refractivity contribution in [2.24, 2.45) is 0 Å². The Balaban J connectivity index is -0.0000000421. The molecule has 3 N–H and O–H groups in total. The largest absolute Gasteiger partial charge is 3.00 e. The molecule has 0 aromatic heterocycles. The summed E-state index contributed by atoms with van der Waals surface area (Å²) in [4.78, 5) is 143. The van der Waals surface area contributed by atoms with Gasteiger partial charge in [0.1, 0.15) is 16.8 Å². The molecule has 0 aliphatic heterocycles. The molecule has 33 nitrogen and oxygen atoms in total. The van der Waals surface area contributed by atoms with Gasteiger partial charge < -0.3 is 164 Å². The number of rotatable bonds is 15. The van der Waals surface area contributed by atoms with Gasteiger partial charge in [0.15, 0.2) is 0 Å². The van der Waals surface area contributed by atoms with Crippen LogP contribution in [0.3, 0.4) is 0 Å². The molecule has 0 atom stereocenters. The second kappa shape index (κ2) is 55.9. The van der Waals surface area contributed by atoms with Crippen molar-refractivity contribution in [3.05, 3.63) is 0 Å². The number of carbonyl (C=O) groups excluding carboxylic acids is 15. The summed E-state index contributed by atoms with van der Waals surface area (Å²) in [7, 11) is 0. The van der Waals surface area contributed by atoms with E-state index < -0.39 is 145 Å². The van der Waals surface area contributed by atoms with Gasteiger partial charge in [-0.15, -0.1) is 0 Å². The van der Waals surface area contributed by atoms with E-state index >= 15 is 0 Å². The van der Waals surface area contributed by atoms with E-state index in [1.807, 2.05) is 0 Å². The van der Waals surface area contributed by atoms with E-state index in [-0.39, 0.29) is 86.8 Å². The van der Waals surface area contributed by atoms with E-state index in [2.05, 4.69) is 0 Å². The number of hydrogen-bond acceptors (Lipinski definition) is 33. The molecular weight excluding hydrogens is 1020 g/mol. The maximum atomic E-state index is 10.1. The van der Waals surface area contributed by atoms with Gasteiger partial charge in [-0.3, -0.25) is 0 Å². The molecule has 0 radical (unpaired) electrons. The summed E-state index contributed by atoms with van der Waals surface area (Å²) in [5.41, 5.74) is -8.92. The first kappa shape index (κ1) is 101. The van der Waals surface area contributed by atoms with Crippen LogP contribution in [-0.4, -0.2) is 208 Å². The Kier molecular flexibility index (Phi) is 82.7. The van der Waals surface area contributed by atoms with Crippen molar-refractivity contribution in [1.29, 1.82) is 0 Å². The molecule has 0 aliphatic rings. The molecule has 0 unspecified atom stereocenters. The maximum absolute atomic E-state index is 10.1. The summed E-state index contributed by atoms with van der Waals surface area (Å²) in [5, 5.41) is 170. The summed E-state index contributed by atoms with van der Waals surface area (Å²) in [6.07, 6.45) is -8.15. The van der Waals surface area contributed by atoms with Crippen LogP contribution in [0.2, 0.25) is 0 Å². The van der Waals surface area contributed by atoms with E-state index in [4.69, 9.17) is 74.7 Å². The number of carbonyl (C=O) groups is 15. The first-order valence-electron chi connectivity index (χ1n) is 14.8. The van der Waals surface area contributed by atoms with Crippen molar-refractivity contribution in [3.63, 3.8) is 0 Å². The van der Waals surface area contributed by atoms with Gasteiger partial charge in [0.05, 0.1) is 17.9 Å². The summed E-state index contributed by atoms with van der Waals surface area (Å²) in [6.45, 7) is 5.83. The van der Waals surface area contributed by atoms with Crippen molar-refractivity contribution in [3.8, 4) is 0 Å². The fourth-order valence-electron chi connectivity index (χ4n) is 2.05. The summed E-state index contributed by atoms with van der Waals surface area (Å²) >= 11 is 0. The zero-order valence-corrected chi connectivity index (χ0v) is 41.5. The number of carboxylic acid groups (broad SMARTS) is 15. The molecule has 366 valence electrons. The Bertz CT molecular complexity index is 1290. The first-order valence-corrected chi connectivity index (χ1v) is 14.8. The van der Waals surface area contributed by atoms with Crippen LogP contribution in [0, 0.1) is 0 Å². The fourth-order valence-corrected chi connectivity index (χ4v) is 2.05. The van der Waals surface area contributed by atoms with Crippen LogP contribution in [0.15, 0.2) is 0 Å². The molecule has 0 amide bonds.